The van der Waals surface area contributed by atoms with Crippen LogP contribution in [-0.2, 0) is 11.2 Å². The lowest BCUT2D eigenvalue weighted by Crippen LogP contribution is -2.49. The van der Waals surface area contributed by atoms with Crippen molar-refractivity contribution in [3.8, 4) is 17.2 Å². The summed E-state index contributed by atoms with van der Waals surface area (Å²) in [5.74, 6) is 2.04. The molecule has 0 spiro atoms. The summed E-state index contributed by atoms with van der Waals surface area (Å²) in [5.41, 5.74) is 1.14. The van der Waals surface area contributed by atoms with Crippen LogP contribution in [0.4, 0.5) is 4.39 Å². The minimum atomic E-state index is -0.267. The van der Waals surface area contributed by atoms with Crippen LogP contribution >= 0.6 is 12.4 Å². The van der Waals surface area contributed by atoms with Gasteiger partial charge in [0, 0.05) is 39.1 Å². The number of hydrogen-bond donors (Lipinski definition) is 0. The molecule has 0 radical (unpaired) electrons. The molecule has 1 saturated heterocycles. The maximum atomic E-state index is 12.9. The molecule has 0 aromatic heterocycles. The van der Waals surface area contributed by atoms with E-state index >= 15 is 0 Å². The molecule has 176 valence electrons. The highest BCUT2D eigenvalue weighted by molar-refractivity contribution is 5.85. The average Bonchev–Trinajstić information content (AvgIpc) is 2.80. The molecule has 0 bridgehead atoms. The highest BCUT2D eigenvalue weighted by atomic mass is 35.5. The number of benzene rings is 2. The van der Waals surface area contributed by atoms with E-state index in [0.29, 0.717) is 30.3 Å². The van der Waals surface area contributed by atoms with Crippen LogP contribution in [0.15, 0.2) is 42.5 Å². The Morgan fingerprint density at radius 1 is 0.969 bits per heavy atom. The maximum Gasteiger partial charge on any atom is 0.222 e. The molecule has 6 nitrogen and oxygen atoms in total. The molecule has 1 heterocycles. The fraction of sp³-hybridized carbons (Fsp3) is 0.458. The van der Waals surface area contributed by atoms with Gasteiger partial charge in [-0.15, -0.1) is 12.4 Å². The molecule has 0 atom stereocenters. The van der Waals surface area contributed by atoms with E-state index in [1.807, 2.05) is 23.1 Å². The second kappa shape index (κ2) is 13.1. The lowest BCUT2D eigenvalue weighted by molar-refractivity contribution is -0.133. The van der Waals surface area contributed by atoms with Gasteiger partial charge < -0.3 is 19.1 Å². The Morgan fingerprint density at radius 3 is 2.31 bits per heavy atom. The van der Waals surface area contributed by atoms with Crippen LogP contribution in [0.25, 0.3) is 0 Å². The van der Waals surface area contributed by atoms with Crippen molar-refractivity contribution in [1.82, 2.24) is 9.80 Å². The van der Waals surface area contributed by atoms with Gasteiger partial charge in [0.25, 0.3) is 0 Å². The first-order valence-electron chi connectivity index (χ1n) is 10.7. The number of hydrogen-bond acceptors (Lipinski definition) is 5. The first kappa shape index (κ1) is 25.7. The molecular formula is C24H32ClFN2O4. The topological polar surface area (TPSA) is 51.2 Å². The minimum Gasteiger partial charge on any atom is -0.493 e. The van der Waals surface area contributed by atoms with Gasteiger partial charge in [0.05, 0.1) is 14.2 Å². The molecule has 32 heavy (non-hydrogen) atoms. The molecule has 1 fully saturated rings. The van der Waals surface area contributed by atoms with Crippen LogP contribution in [0.1, 0.15) is 18.4 Å². The normalized spacial score (nSPS) is 13.9. The molecular weight excluding hydrogens is 435 g/mol. The molecule has 0 aliphatic carbocycles. The second-order valence-corrected chi connectivity index (χ2v) is 7.57. The van der Waals surface area contributed by atoms with Crippen molar-refractivity contribution in [3.05, 3.63) is 53.8 Å². The quantitative estimate of drug-likeness (QED) is 0.533. The van der Waals surface area contributed by atoms with E-state index in [1.165, 1.54) is 12.1 Å². The van der Waals surface area contributed by atoms with Crippen LogP contribution in [0, 0.1) is 5.82 Å². The lowest BCUT2D eigenvalue weighted by Gasteiger charge is -2.34. The molecule has 1 amide bonds. The van der Waals surface area contributed by atoms with Crippen LogP contribution in [0.3, 0.4) is 0 Å². The standard InChI is InChI=1S/C24H31FN2O4.ClH/c1-29-22-11-6-19(18-23(22)30-2)4-3-5-24(28)27-14-12-26(13-15-27)16-17-31-21-9-7-20(25)8-10-21;/h6-11,18H,3-5,12-17H2,1-2H3;1H. The predicted octanol–water partition coefficient (Wildman–Crippen LogP) is 3.81. The summed E-state index contributed by atoms with van der Waals surface area (Å²) in [6, 6.07) is 11.9. The fourth-order valence-corrected chi connectivity index (χ4v) is 3.68. The number of aryl methyl sites for hydroxylation is 1. The minimum absolute atomic E-state index is 0. The number of nitrogens with zero attached hydrogens (tertiary/aromatic N) is 2. The first-order chi connectivity index (χ1) is 15.1. The van der Waals surface area contributed by atoms with Gasteiger partial charge in [-0.3, -0.25) is 9.69 Å². The number of carbonyl (C=O) groups is 1. The van der Waals surface area contributed by atoms with Gasteiger partial charge in [0.1, 0.15) is 18.2 Å². The van der Waals surface area contributed by atoms with Gasteiger partial charge in [-0.05, 0) is 54.8 Å². The fourth-order valence-electron chi connectivity index (χ4n) is 3.68. The molecule has 1 aliphatic rings. The number of amides is 1. The van der Waals surface area contributed by atoms with Gasteiger partial charge >= 0.3 is 0 Å². The van der Waals surface area contributed by atoms with Gasteiger partial charge in [0.15, 0.2) is 11.5 Å². The van der Waals surface area contributed by atoms with E-state index in [-0.39, 0.29) is 24.1 Å². The predicted molar refractivity (Wildman–Crippen MR) is 125 cm³/mol. The number of rotatable bonds is 10. The zero-order valence-electron chi connectivity index (χ0n) is 18.7. The molecule has 2 aromatic carbocycles. The SMILES string of the molecule is COc1ccc(CCCC(=O)N2CCN(CCOc3ccc(F)cc3)CC2)cc1OC.Cl. The number of methoxy groups -OCH3 is 2. The third kappa shape index (κ3) is 7.57. The van der Waals surface area contributed by atoms with Gasteiger partial charge in [-0.25, -0.2) is 4.39 Å². The molecule has 0 saturated carbocycles. The average molecular weight is 467 g/mol. The molecule has 1 aliphatic heterocycles. The summed E-state index contributed by atoms with van der Waals surface area (Å²) in [4.78, 5) is 16.8. The van der Waals surface area contributed by atoms with Crippen molar-refractivity contribution in [2.24, 2.45) is 0 Å². The van der Waals surface area contributed by atoms with Crippen molar-refractivity contribution in [3.63, 3.8) is 0 Å². The van der Waals surface area contributed by atoms with E-state index in [4.69, 9.17) is 14.2 Å². The smallest absolute Gasteiger partial charge is 0.222 e. The zero-order chi connectivity index (χ0) is 22.1. The van der Waals surface area contributed by atoms with E-state index in [1.54, 1.807) is 26.4 Å². The van der Waals surface area contributed by atoms with Crippen molar-refractivity contribution < 1.29 is 23.4 Å². The Kier molecular flexibility index (Phi) is 10.6. The largest absolute Gasteiger partial charge is 0.493 e. The summed E-state index contributed by atoms with van der Waals surface area (Å²) < 4.78 is 29.2. The Morgan fingerprint density at radius 2 is 1.66 bits per heavy atom. The lowest BCUT2D eigenvalue weighted by atomic mass is 10.1. The molecule has 0 unspecified atom stereocenters. The van der Waals surface area contributed by atoms with Crippen molar-refractivity contribution >= 4 is 18.3 Å². The van der Waals surface area contributed by atoms with Gasteiger partial charge in [0.2, 0.25) is 5.91 Å². The van der Waals surface area contributed by atoms with Gasteiger partial charge in [-0.2, -0.15) is 0 Å². The highest BCUT2D eigenvalue weighted by Gasteiger charge is 2.20. The number of piperazine rings is 1. The molecule has 8 heteroatoms. The number of halogens is 2. The number of ether oxygens (including phenoxy) is 3. The monoisotopic (exact) mass is 466 g/mol. The van der Waals surface area contributed by atoms with Crippen LogP contribution in [0.2, 0.25) is 0 Å². The van der Waals surface area contributed by atoms with Crippen molar-refractivity contribution in [2.75, 3.05) is 53.6 Å². The van der Waals surface area contributed by atoms with E-state index in [9.17, 15) is 9.18 Å². The molecule has 0 N–H and O–H groups in total. The first-order valence-corrected chi connectivity index (χ1v) is 10.7. The third-order valence-electron chi connectivity index (χ3n) is 5.52. The molecule has 3 rings (SSSR count). The second-order valence-electron chi connectivity index (χ2n) is 7.57. The third-order valence-corrected chi connectivity index (χ3v) is 5.52. The van der Waals surface area contributed by atoms with Crippen LogP contribution in [-0.4, -0.2) is 69.3 Å². The maximum absolute atomic E-state index is 12.9. The van der Waals surface area contributed by atoms with E-state index in [2.05, 4.69) is 4.90 Å². The summed E-state index contributed by atoms with van der Waals surface area (Å²) in [7, 11) is 3.24. The van der Waals surface area contributed by atoms with E-state index in [0.717, 1.165) is 51.1 Å². The Balaban J connectivity index is 0.00000363. The molecule has 2 aromatic rings. The zero-order valence-corrected chi connectivity index (χ0v) is 19.5. The van der Waals surface area contributed by atoms with Crippen LogP contribution < -0.4 is 14.2 Å². The van der Waals surface area contributed by atoms with E-state index < -0.39 is 0 Å². The summed E-state index contributed by atoms with van der Waals surface area (Å²) in [5, 5.41) is 0. The van der Waals surface area contributed by atoms with Crippen molar-refractivity contribution in [1.29, 1.82) is 0 Å². The van der Waals surface area contributed by atoms with Gasteiger partial charge in [-0.1, -0.05) is 6.07 Å². The summed E-state index contributed by atoms with van der Waals surface area (Å²) in [6.45, 7) is 4.50. The Hall–Kier alpha value is -2.51. The van der Waals surface area contributed by atoms with Crippen LogP contribution in [0.5, 0.6) is 17.2 Å². The Labute approximate surface area is 195 Å². The Bertz CT molecular complexity index is 842. The summed E-state index contributed by atoms with van der Waals surface area (Å²) >= 11 is 0. The highest BCUT2D eigenvalue weighted by Crippen LogP contribution is 2.28. The number of carbonyl (C=O) groups excluding carboxylic acids is 1. The summed E-state index contributed by atoms with van der Waals surface area (Å²) in [6.07, 6.45) is 2.18. The van der Waals surface area contributed by atoms with Crippen molar-refractivity contribution in [2.45, 2.75) is 19.3 Å².